The number of aliphatic hydroxyl groups excluding tert-OH is 1. The normalized spacial score (nSPS) is 17.0. The van der Waals surface area contributed by atoms with E-state index >= 15 is 0 Å². The Labute approximate surface area is 213 Å². The molecule has 1 aromatic heterocycles. The molecular weight excluding hydrogens is 475 g/mol. The highest BCUT2D eigenvalue weighted by atomic mass is 19.1. The van der Waals surface area contributed by atoms with Crippen LogP contribution in [0.15, 0.2) is 78.5 Å². The number of benzene rings is 3. The summed E-state index contributed by atoms with van der Waals surface area (Å²) in [7, 11) is 4.83. The molecule has 1 fully saturated rings. The van der Waals surface area contributed by atoms with E-state index in [9.17, 15) is 19.1 Å². The molecule has 0 aliphatic carbocycles. The fraction of sp³-hybridized carbons (Fsp3) is 0.172. The number of rotatable bonds is 6. The number of halogens is 1. The average Bonchev–Trinajstić information content (AvgIpc) is 3.37. The SMILES string of the molecule is COc1ccc(/C(O)=C2\C(=O)C(=O)N(Cc3ccc(F)cc3)C2c2cn(C)c3ccccc23)c(OC)c1. The molecule has 0 spiro atoms. The van der Waals surface area contributed by atoms with Crippen molar-refractivity contribution in [1.82, 2.24) is 9.47 Å². The van der Waals surface area contributed by atoms with Crippen LogP contribution in [0, 0.1) is 5.82 Å². The fourth-order valence-electron chi connectivity index (χ4n) is 4.88. The molecule has 0 saturated carbocycles. The molecule has 1 unspecified atom stereocenters. The van der Waals surface area contributed by atoms with Crippen LogP contribution in [0.1, 0.15) is 22.7 Å². The predicted molar refractivity (Wildman–Crippen MR) is 137 cm³/mol. The maximum absolute atomic E-state index is 13.5. The largest absolute Gasteiger partial charge is 0.507 e. The molecule has 2 heterocycles. The Balaban J connectivity index is 1.74. The summed E-state index contributed by atoms with van der Waals surface area (Å²) in [6, 6.07) is 17.3. The van der Waals surface area contributed by atoms with Gasteiger partial charge in [-0.1, -0.05) is 30.3 Å². The van der Waals surface area contributed by atoms with Gasteiger partial charge in [0, 0.05) is 42.3 Å². The molecule has 3 aromatic carbocycles. The Hall–Kier alpha value is -4.59. The summed E-state index contributed by atoms with van der Waals surface area (Å²) in [5.74, 6) is -1.51. The molecule has 7 nitrogen and oxygen atoms in total. The first-order chi connectivity index (χ1) is 17.8. The molecule has 1 N–H and O–H groups in total. The molecule has 1 aliphatic heterocycles. The number of ketones is 1. The number of hydrogen-bond acceptors (Lipinski definition) is 5. The Bertz CT molecular complexity index is 1550. The van der Waals surface area contributed by atoms with Crippen LogP contribution < -0.4 is 9.47 Å². The molecular formula is C29H25FN2O5. The molecule has 1 amide bonds. The topological polar surface area (TPSA) is 81.0 Å². The third-order valence-electron chi connectivity index (χ3n) is 6.69. The van der Waals surface area contributed by atoms with Gasteiger partial charge in [-0.15, -0.1) is 0 Å². The summed E-state index contributed by atoms with van der Waals surface area (Å²) in [4.78, 5) is 28.3. The Morgan fingerprint density at radius 2 is 1.73 bits per heavy atom. The molecule has 1 atom stereocenters. The highest BCUT2D eigenvalue weighted by Gasteiger charge is 2.47. The van der Waals surface area contributed by atoms with E-state index in [0.29, 0.717) is 22.6 Å². The lowest BCUT2D eigenvalue weighted by atomic mass is 9.94. The van der Waals surface area contributed by atoms with Crippen molar-refractivity contribution in [1.29, 1.82) is 0 Å². The lowest BCUT2D eigenvalue weighted by Gasteiger charge is -2.25. The minimum Gasteiger partial charge on any atom is -0.507 e. The minimum atomic E-state index is -0.886. The maximum Gasteiger partial charge on any atom is 0.295 e. The standard InChI is InChI=1S/C29H25FN2O5/c1-31-16-22(20-6-4-5-7-23(20)31)26-25(27(33)21-13-12-19(36-2)14-24(21)37-3)28(34)29(35)32(26)15-17-8-10-18(30)11-9-17/h4-14,16,26,33H,15H2,1-3H3/b27-25+. The van der Waals surface area contributed by atoms with Crippen LogP contribution in [0.4, 0.5) is 4.39 Å². The van der Waals surface area contributed by atoms with Gasteiger partial charge in [0.15, 0.2) is 0 Å². The second-order valence-corrected chi connectivity index (χ2v) is 8.83. The van der Waals surface area contributed by atoms with Crippen LogP contribution in [0.2, 0.25) is 0 Å². The molecule has 1 aliphatic rings. The molecule has 188 valence electrons. The number of carbonyl (C=O) groups excluding carboxylic acids is 2. The van der Waals surface area contributed by atoms with Gasteiger partial charge in [-0.2, -0.15) is 0 Å². The lowest BCUT2D eigenvalue weighted by Crippen LogP contribution is -2.29. The number of methoxy groups -OCH3 is 2. The number of amides is 1. The van der Waals surface area contributed by atoms with Crippen molar-refractivity contribution in [3.05, 3.63) is 101 Å². The number of ether oxygens (including phenoxy) is 2. The van der Waals surface area contributed by atoms with Crippen LogP contribution in [-0.4, -0.2) is 40.5 Å². The van der Waals surface area contributed by atoms with Crippen LogP contribution in [-0.2, 0) is 23.2 Å². The Morgan fingerprint density at radius 1 is 1.00 bits per heavy atom. The summed E-state index contributed by atoms with van der Waals surface area (Å²) < 4.78 is 26.2. The van der Waals surface area contributed by atoms with Crippen molar-refractivity contribution in [3.8, 4) is 11.5 Å². The number of aryl methyl sites for hydroxylation is 1. The van der Waals surface area contributed by atoms with Crippen molar-refractivity contribution in [2.45, 2.75) is 12.6 Å². The smallest absolute Gasteiger partial charge is 0.295 e. The third-order valence-corrected chi connectivity index (χ3v) is 6.69. The number of likely N-dealkylation sites (tertiary alicyclic amines) is 1. The summed E-state index contributed by atoms with van der Waals surface area (Å²) in [5, 5.41) is 12.4. The van der Waals surface area contributed by atoms with E-state index in [2.05, 4.69) is 0 Å². The van der Waals surface area contributed by atoms with Gasteiger partial charge < -0.3 is 24.0 Å². The first-order valence-corrected chi connectivity index (χ1v) is 11.6. The zero-order valence-corrected chi connectivity index (χ0v) is 20.6. The van der Waals surface area contributed by atoms with Crippen molar-refractivity contribution in [2.75, 3.05) is 14.2 Å². The van der Waals surface area contributed by atoms with Crippen LogP contribution >= 0.6 is 0 Å². The van der Waals surface area contributed by atoms with Gasteiger partial charge >= 0.3 is 0 Å². The van der Waals surface area contributed by atoms with Gasteiger partial charge in [-0.3, -0.25) is 9.59 Å². The maximum atomic E-state index is 13.5. The van der Waals surface area contributed by atoms with Gasteiger partial charge in [0.2, 0.25) is 0 Å². The summed E-state index contributed by atoms with van der Waals surface area (Å²) >= 11 is 0. The zero-order chi connectivity index (χ0) is 26.3. The number of nitrogens with zero attached hydrogens (tertiary/aromatic N) is 2. The molecule has 8 heteroatoms. The zero-order valence-electron chi connectivity index (χ0n) is 20.6. The molecule has 1 saturated heterocycles. The highest BCUT2D eigenvalue weighted by molar-refractivity contribution is 6.46. The van der Waals surface area contributed by atoms with E-state index in [1.165, 1.54) is 31.3 Å². The lowest BCUT2D eigenvalue weighted by molar-refractivity contribution is -0.140. The molecule has 37 heavy (non-hydrogen) atoms. The van der Waals surface area contributed by atoms with Crippen molar-refractivity contribution in [3.63, 3.8) is 0 Å². The number of hydrogen-bond donors (Lipinski definition) is 1. The van der Waals surface area contributed by atoms with Crippen molar-refractivity contribution < 1.29 is 28.6 Å². The van der Waals surface area contributed by atoms with Gasteiger partial charge in [-0.05, 0) is 35.9 Å². The number of para-hydroxylation sites is 1. The Morgan fingerprint density at radius 3 is 2.43 bits per heavy atom. The van der Waals surface area contributed by atoms with E-state index in [1.54, 1.807) is 30.3 Å². The van der Waals surface area contributed by atoms with Crippen molar-refractivity contribution in [2.24, 2.45) is 7.05 Å². The number of fused-ring (bicyclic) bond motifs is 1. The van der Waals surface area contributed by atoms with E-state index in [0.717, 1.165) is 10.9 Å². The van der Waals surface area contributed by atoms with Gasteiger partial charge in [0.25, 0.3) is 11.7 Å². The monoisotopic (exact) mass is 500 g/mol. The Kier molecular flexibility index (Phi) is 6.17. The molecule has 5 rings (SSSR count). The second-order valence-electron chi connectivity index (χ2n) is 8.83. The van der Waals surface area contributed by atoms with E-state index in [-0.39, 0.29) is 23.4 Å². The number of aliphatic hydroxyl groups is 1. The van der Waals surface area contributed by atoms with Gasteiger partial charge in [-0.25, -0.2) is 4.39 Å². The molecule has 0 bridgehead atoms. The van der Waals surface area contributed by atoms with Gasteiger partial charge in [0.05, 0.1) is 31.4 Å². The highest BCUT2D eigenvalue weighted by Crippen LogP contribution is 2.44. The molecule has 4 aromatic rings. The summed E-state index contributed by atoms with van der Waals surface area (Å²) in [6.07, 6.45) is 1.86. The average molecular weight is 501 g/mol. The number of carbonyl (C=O) groups is 2. The van der Waals surface area contributed by atoms with E-state index in [1.807, 2.05) is 42.1 Å². The number of Topliss-reactive ketones (excluding diaryl/α,β-unsaturated/α-hetero) is 1. The quantitative estimate of drug-likeness (QED) is 0.230. The second kappa shape index (κ2) is 9.46. The minimum absolute atomic E-state index is 0.0491. The first kappa shape index (κ1) is 24.1. The molecule has 0 radical (unpaired) electrons. The first-order valence-electron chi connectivity index (χ1n) is 11.6. The van der Waals surface area contributed by atoms with E-state index in [4.69, 9.17) is 9.47 Å². The fourth-order valence-corrected chi connectivity index (χ4v) is 4.88. The van der Waals surface area contributed by atoms with Crippen LogP contribution in [0.3, 0.4) is 0 Å². The van der Waals surface area contributed by atoms with Gasteiger partial charge in [0.1, 0.15) is 23.1 Å². The van der Waals surface area contributed by atoms with E-state index < -0.39 is 23.5 Å². The van der Waals surface area contributed by atoms with Crippen molar-refractivity contribution >= 4 is 28.4 Å². The number of aromatic nitrogens is 1. The summed E-state index contributed by atoms with van der Waals surface area (Å²) in [6.45, 7) is 0.0509. The van der Waals surface area contributed by atoms with Crippen LogP contribution in [0.5, 0.6) is 11.5 Å². The predicted octanol–water partition coefficient (Wildman–Crippen LogP) is 4.96. The van der Waals surface area contributed by atoms with Crippen LogP contribution in [0.25, 0.3) is 16.7 Å². The third kappa shape index (κ3) is 4.10. The summed E-state index contributed by atoms with van der Waals surface area (Å²) in [5.41, 5.74) is 2.45.